The zero-order valence-electron chi connectivity index (χ0n) is 18.2. The number of pyridine rings is 1. The Balaban J connectivity index is 1.32. The van der Waals surface area contributed by atoms with Crippen LogP contribution in [-0.2, 0) is 26.2 Å². The predicted octanol–water partition coefficient (Wildman–Crippen LogP) is 1.55. The lowest BCUT2D eigenvalue weighted by atomic mass is 9.88. The summed E-state index contributed by atoms with van der Waals surface area (Å²) in [7, 11) is -3.66. The van der Waals surface area contributed by atoms with Gasteiger partial charge >= 0.3 is 0 Å². The van der Waals surface area contributed by atoms with Crippen LogP contribution in [0.3, 0.4) is 0 Å². The average molecular weight is 487 g/mol. The second kappa shape index (κ2) is 8.55. The molecule has 0 saturated carbocycles. The normalized spacial score (nSPS) is 22.1. The van der Waals surface area contributed by atoms with Gasteiger partial charge < -0.3 is 4.90 Å². The monoisotopic (exact) mass is 486 g/mol. The van der Waals surface area contributed by atoms with Crippen LogP contribution in [0.5, 0.6) is 0 Å². The number of nitrogens with one attached hydrogen (secondary N) is 1. The summed E-state index contributed by atoms with van der Waals surface area (Å²) in [5, 5.41) is 2.25. The molecule has 3 aliphatic rings. The Morgan fingerprint density at radius 1 is 1.09 bits per heavy atom. The van der Waals surface area contributed by atoms with Gasteiger partial charge in [0.05, 0.1) is 0 Å². The van der Waals surface area contributed by atoms with Crippen molar-refractivity contribution in [1.82, 2.24) is 19.5 Å². The SMILES string of the molecule is O=C1CCC(N2Cc3cc(C4CCN(S(=O)(=O)c5cccnc5)CC4)c(F)cc3C2=O)C(=O)N1. The highest BCUT2D eigenvalue weighted by Crippen LogP contribution is 2.36. The van der Waals surface area contributed by atoms with E-state index in [4.69, 9.17) is 0 Å². The number of sulfonamides is 1. The molecular formula is C23H23FN4O5S. The van der Waals surface area contributed by atoms with Crippen LogP contribution in [0.1, 0.15) is 53.1 Å². The third-order valence-corrected chi connectivity index (χ3v) is 8.69. The number of aromatic nitrogens is 1. The number of benzene rings is 1. The molecule has 9 nitrogen and oxygen atoms in total. The number of hydrogen-bond acceptors (Lipinski definition) is 6. The summed E-state index contributed by atoms with van der Waals surface area (Å²) in [6.45, 7) is 0.668. The quantitative estimate of drug-likeness (QED) is 0.656. The van der Waals surface area contributed by atoms with Gasteiger partial charge in [0.25, 0.3) is 5.91 Å². The first-order valence-electron chi connectivity index (χ1n) is 11.1. The summed E-state index contributed by atoms with van der Waals surface area (Å²) in [5.74, 6) is -2.00. The summed E-state index contributed by atoms with van der Waals surface area (Å²) in [5.41, 5.74) is 1.31. The number of amides is 3. The van der Waals surface area contributed by atoms with E-state index in [1.54, 1.807) is 12.1 Å². The van der Waals surface area contributed by atoms with Gasteiger partial charge in [0, 0.05) is 44.0 Å². The molecule has 1 N–H and O–H groups in total. The minimum absolute atomic E-state index is 0.129. The fourth-order valence-electron chi connectivity index (χ4n) is 4.98. The molecule has 0 radical (unpaired) electrons. The summed E-state index contributed by atoms with van der Waals surface area (Å²) in [4.78, 5) is 41.9. The van der Waals surface area contributed by atoms with Crippen molar-refractivity contribution in [2.45, 2.75) is 49.1 Å². The Morgan fingerprint density at radius 3 is 2.53 bits per heavy atom. The van der Waals surface area contributed by atoms with Crippen molar-refractivity contribution in [3.8, 4) is 0 Å². The molecule has 11 heteroatoms. The minimum atomic E-state index is -3.66. The van der Waals surface area contributed by atoms with E-state index < -0.39 is 33.7 Å². The highest BCUT2D eigenvalue weighted by Gasteiger charge is 2.40. The average Bonchev–Trinajstić information content (AvgIpc) is 3.14. The van der Waals surface area contributed by atoms with Crippen LogP contribution < -0.4 is 5.32 Å². The molecule has 0 bridgehead atoms. The lowest BCUT2D eigenvalue weighted by Crippen LogP contribution is -2.52. The highest BCUT2D eigenvalue weighted by atomic mass is 32.2. The van der Waals surface area contributed by atoms with Gasteiger partial charge in [-0.05, 0) is 54.5 Å². The molecule has 3 amide bonds. The van der Waals surface area contributed by atoms with E-state index in [1.165, 1.54) is 33.7 Å². The molecule has 2 saturated heterocycles. The number of carbonyl (C=O) groups is 3. The molecule has 2 aromatic rings. The lowest BCUT2D eigenvalue weighted by molar-refractivity contribution is -0.136. The maximum atomic E-state index is 15.1. The third kappa shape index (κ3) is 3.88. The number of piperidine rings is 2. The second-order valence-electron chi connectivity index (χ2n) is 8.80. The molecule has 1 aromatic heterocycles. The van der Waals surface area contributed by atoms with Gasteiger partial charge in [-0.3, -0.25) is 24.7 Å². The standard InChI is InChI=1S/C23H23FN4O5S/c24-19-11-18-15(13-28(23(18)31)20-3-4-21(29)26-22(20)30)10-17(19)14-5-8-27(9-6-14)34(32,33)16-2-1-7-25-12-16/h1-2,7,10-12,14,20H,3-6,8-9,13H2,(H,26,29,30). The summed E-state index contributed by atoms with van der Waals surface area (Å²) < 4.78 is 42.1. The number of carbonyl (C=O) groups excluding carboxylic acids is 3. The van der Waals surface area contributed by atoms with Crippen molar-refractivity contribution in [2.24, 2.45) is 0 Å². The van der Waals surface area contributed by atoms with Crippen LogP contribution >= 0.6 is 0 Å². The molecular weight excluding hydrogens is 463 g/mol. The first kappa shape index (κ1) is 22.6. The van der Waals surface area contributed by atoms with Crippen molar-refractivity contribution < 1.29 is 27.2 Å². The molecule has 5 rings (SSSR count). The predicted molar refractivity (Wildman–Crippen MR) is 117 cm³/mol. The number of halogens is 1. The molecule has 4 heterocycles. The van der Waals surface area contributed by atoms with Gasteiger partial charge in [0.15, 0.2) is 0 Å². The summed E-state index contributed by atoms with van der Waals surface area (Å²) in [6.07, 6.45) is 4.10. The van der Waals surface area contributed by atoms with Crippen molar-refractivity contribution in [3.63, 3.8) is 0 Å². The Kier molecular flexibility index (Phi) is 5.68. The fourth-order valence-corrected chi connectivity index (χ4v) is 6.41. The molecule has 2 fully saturated rings. The first-order valence-corrected chi connectivity index (χ1v) is 12.6. The van der Waals surface area contributed by atoms with Crippen LogP contribution in [0.15, 0.2) is 41.6 Å². The Labute approximate surface area is 196 Å². The van der Waals surface area contributed by atoms with Crippen LogP contribution in [0, 0.1) is 5.82 Å². The fraction of sp³-hybridized carbons (Fsp3) is 0.391. The zero-order valence-corrected chi connectivity index (χ0v) is 19.1. The van der Waals surface area contributed by atoms with E-state index >= 15 is 4.39 Å². The molecule has 0 spiro atoms. The molecule has 34 heavy (non-hydrogen) atoms. The van der Waals surface area contributed by atoms with Gasteiger partial charge in [-0.15, -0.1) is 0 Å². The number of rotatable bonds is 4. The smallest absolute Gasteiger partial charge is 0.255 e. The van der Waals surface area contributed by atoms with E-state index in [0.29, 0.717) is 24.0 Å². The second-order valence-corrected chi connectivity index (χ2v) is 10.7. The van der Waals surface area contributed by atoms with Crippen molar-refractivity contribution in [2.75, 3.05) is 13.1 Å². The van der Waals surface area contributed by atoms with Gasteiger partial charge in [0.2, 0.25) is 21.8 Å². The van der Waals surface area contributed by atoms with Gasteiger partial charge in [0.1, 0.15) is 16.8 Å². The van der Waals surface area contributed by atoms with Gasteiger partial charge in [-0.2, -0.15) is 4.31 Å². The van der Waals surface area contributed by atoms with Crippen LogP contribution in [0.4, 0.5) is 4.39 Å². The molecule has 1 unspecified atom stereocenters. The number of hydrogen-bond donors (Lipinski definition) is 1. The summed E-state index contributed by atoms with van der Waals surface area (Å²) >= 11 is 0. The minimum Gasteiger partial charge on any atom is -0.322 e. The third-order valence-electron chi connectivity index (χ3n) is 6.81. The number of imide groups is 1. The van der Waals surface area contributed by atoms with Crippen molar-refractivity contribution in [1.29, 1.82) is 0 Å². The maximum Gasteiger partial charge on any atom is 0.255 e. The van der Waals surface area contributed by atoms with Crippen LogP contribution in [0.2, 0.25) is 0 Å². The molecule has 0 aliphatic carbocycles. The van der Waals surface area contributed by atoms with E-state index in [0.717, 1.165) is 0 Å². The topological polar surface area (TPSA) is 117 Å². The zero-order chi connectivity index (χ0) is 24.0. The Bertz CT molecular complexity index is 1280. The Morgan fingerprint density at radius 2 is 1.85 bits per heavy atom. The molecule has 1 aromatic carbocycles. The van der Waals surface area contributed by atoms with E-state index in [-0.39, 0.29) is 54.8 Å². The Hall–Kier alpha value is -3.18. The van der Waals surface area contributed by atoms with E-state index in [1.807, 2.05) is 0 Å². The number of nitrogens with zero attached hydrogens (tertiary/aromatic N) is 3. The van der Waals surface area contributed by atoms with Crippen molar-refractivity contribution >= 4 is 27.7 Å². The van der Waals surface area contributed by atoms with Gasteiger partial charge in [-0.1, -0.05) is 6.07 Å². The van der Waals surface area contributed by atoms with Crippen LogP contribution in [-0.4, -0.2) is 59.5 Å². The molecule has 178 valence electrons. The van der Waals surface area contributed by atoms with E-state index in [2.05, 4.69) is 10.3 Å². The van der Waals surface area contributed by atoms with Gasteiger partial charge in [-0.25, -0.2) is 12.8 Å². The molecule has 1 atom stereocenters. The lowest BCUT2D eigenvalue weighted by Gasteiger charge is -2.31. The van der Waals surface area contributed by atoms with Crippen LogP contribution in [0.25, 0.3) is 0 Å². The maximum absolute atomic E-state index is 15.1. The molecule has 3 aliphatic heterocycles. The number of fused-ring (bicyclic) bond motifs is 1. The van der Waals surface area contributed by atoms with E-state index in [9.17, 15) is 22.8 Å². The van der Waals surface area contributed by atoms with Crippen molar-refractivity contribution in [3.05, 3.63) is 59.2 Å². The highest BCUT2D eigenvalue weighted by molar-refractivity contribution is 7.89. The first-order chi connectivity index (χ1) is 16.3. The summed E-state index contributed by atoms with van der Waals surface area (Å²) in [6, 6.07) is 5.20. The largest absolute Gasteiger partial charge is 0.322 e.